The molecule has 13 heavy (non-hydrogen) atoms. The van der Waals surface area contributed by atoms with Crippen molar-refractivity contribution in [1.29, 1.82) is 0 Å². The van der Waals surface area contributed by atoms with Gasteiger partial charge in [0.15, 0.2) is 6.29 Å². The Labute approximate surface area is 80.7 Å². The standard InChI is InChI=1S/C9H10O3S/c1-12-8-3-6(5-10)7(11)4-9(8)13-2/h3-5,11H,1-2H3. The van der Waals surface area contributed by atoms with Crippen LogP contribution in [0.5, 0.6) is 11.5 Å². The van der Waals surface area contributed by atoms with Gasteiger partial charge in [-0.15, -0.1) is 11.8 Å². The number of aromatic hydroxyl groups is 1. The summed E-state index contributed by atoms with van der Waals surface area (Å²) in [6, 6.07) is 3.04. The van der Waals surface area contributed by atoms with Crippen molar-refractivity contribution in [1.82, 2.24) is 0 Å². The molecule has 0 bridgehead atoms. The van der Waals surface area contributed by atoms with Gasteiger partial charge in [-0.05, 0) is 18.4 Å². The molecule has 1 aromatic rings. The molecule has 0 unspecified atom stereocenters. The van der Waals surface area contributed by atoms with Crippen LogP contribution in [0, 0.1) is 0 Å². The summed E-state index contributed by atoms with van der Waals surface area (Å²) in [6.07, 6.45) is 2.47. The molecule has 1 aromatic carbocycles. The molecule has 0 amide bonds. The molecule has 0 atom stereocenters. The third-order valence-electron chi connectivity index (χ3n) is 1.66. The summed E-state index contributed by atoms with van der Waals surface area (Å²) in [4.78, 5) is 11.3. The topological polar surface area (TPSA) is 46.5 Å². The SMILES string of the molecule is COc1cc(C=O)c(O)cc1SC. The number of aldehydes is 1. The van der Waals surface area contributed by atoms with Crippen molar-refractivity contribution < 1.29 is 14.6 Å². The minimum absolute atomic E-state index is 0.0137. The number of phenols is 1. The maximum atomic E-state index is 10.5. The average Bonchev–Trinajstić information content (AvgIpc) is 2.17. The van der Waals surface area contributed by atoms with Gasteiger partial charge in [0.05, 0.1) is 17.6 Å². The molecule has 0 aliphatic rings. The molecule has 0 fully saturated rings. The minimum Gasteiger partial charge on any atom is -0.507 e. The Hall–Kier alpha value is -1.16. The zero-order valence-corrected chi connectivity index (χ0v) is 8.22. The molecule has 0 radical (unpaired) electrons. The number of methoxy groups -OCH3 is 1. The lowest BCUT2D eigenvalue weighted by atomic mass is 10.2. The zero-order chi connectivity index (χ0) is 9.84. The molecule has 0 aromatic heterocycles. The van der Waals surface area contributed by atoms with Crippen molar-refractivity contribution in [3.63, 3.8) is 0 Å². The number of rotatable bonds is 3. The second kappa shape index (κ2) is 4.18. The van der Waals surface area contributed by atoms with Crippen LogP contribution in [0.25, 0.3) is 0 Å². The van der Waals surface area contributed by atoms with Gasteiger partial charge in [0.2, 0.25) is 0 Å². The normalized spacial score (nSPS) is 9.69. The summed E-state index contributed by atoms with van der Waals surface area (Å²) in [5.41, 5.74) is 0.245. The highest BCUT2D eigenvalue weighted by Crippen LogP contribution is 2.32. The predicted molar refractivity (Wildman–Crippen MR) is 51.8 cm³/mol. The number of benzene rings is 1. The summed E-state index contributed by atoms with van der Waals surface area (Å²) in [6.45, 7) is 0. The molecule has 0 saturated carbocycles. The number of hydrogen-bond donors (Lipinski definition) is 1. The Morgan fingerprint density at radius 3 is 2.69 bits per heavy atom. The van der Waals surface area contributed by atoms with E-state index < -0.39 is 0 Å². The minimum atomic E-state index is -0.0137. The summed E-state index contributed by atoms with van der Waals surface area (Å²) in [5, 5.41) is 9.34. The van der Waals surface area contributed by atoms with Gasteiger partial charge in [0, 0.05) is 0 Å². The fraction of sp³-hybridized carbons (Fsp3) is 0.222. The highest BCUT2D eigenvalue weighted by Gasteiger charge is 2.07. The van der Waals surface area contributed by atoms with E-state index in [1.165, 1.54) is 31.0 Å². The summed E-state index contributed by atoms with van der Waals surface area (Å²) >= 11 is 1.45. The quantitative estimate of drug-likeness (QED) is 0.595. The molecule has 1 N–H and O–H groups in total. The second-order valence-corrected chi connectivity index (χ2v) is 3.23. The molecule has 0 aliphatic heterocycles. The first-order valence-corrected chi connectivity index (χ1v) is 4.85. The second-order valence-electron chi connectivity index (χ2n) is 2.38. The fourth-order valence-corrected chi connectivity index (χ4v) is 1.55. The van der Waals surface area contributed by atoms with Crippen LogP contribution in [0.15, 0.2) is 17.0 Å². The van der Waals surface area contributed by atoms with Crippen molar-refractivity contribution in [3.05, 3.63) is 17.7 Å². The van der Waals surface area contributed by atoms with E-state index in [1.807, 2.05) is 6.26 Å². The van der Waals surface area contributed by atoms with Gasteiger partial charge >= 0.3 is 0 Å². The Balaban J connectivity index is 3.26. The highest BCUT2D eigenvalue weighted by atomic mass is 32.2. The molecular formula is C9H10O3S. The van der Waals surface area contributed by atoms with E-state index in [1.54, 1.807) is 0 Å². The third kappa shape index (κ3) is 1.95. The lowest BCUT2D eigenvalue weighted by molar-refractivity contribution is 0.112. The first-order valence-electron chi connectivity index (χ1n) is 3.63. The van der Waals surface area contributed by atoms with Crippen molar-refractivity contribution in [2.45, 2.75) is 4.90 Å². The molecule has 3 nitrogen and oxygen atoms in total. The number of carbonyl (C=O) groups excluding carboxylic acids is 1. The van der Waals surface area contributed by atoms with Crippen molar-refractivity contribution in [2.24, 2.45) is 0 Å². The van der Waals surface area contributed by atoms with E-state index in [0.29, 0.717) is 12.0 Å². The Kier molecular flexibility index (Phi) is 3.19. The lowest BCUT2D eigenvalue weighted by Crippen LogP contribution is -1.89. The van der Waals surface area contributed by atoms with Crippen LogP contribution < -0.4 is 4.74 Å². The largest absolute Gasteiger partial charge is 0.507 e. The number of thioether (sulfide) groups is 1. The van der Waals surface area contributed by atoms with E-state index >= 15 is 0 Å². The number of ether oxygens (including phenoxy) is 1. The molecule has 70 valence electrons. The molecular weight excluding hydrogens is 188 g/mol. The summed E-state index contributed by atoms with van der Waals surface area (Å²) in [5.74, 6) is 0.590. The third-order valence-corrected chi connectivity index (χ3v) is 2.42. The molecule has 0 saturated heterocycles. The van der Waals surface area contributed by atoms with Crippen LogP contribution >= 0.6 is 11.8 Å². The smallest absolute Gasteiger partial charge is 0.153 e. The number of phenolic OH excluding ortho intramolecular Hbond substituents is 1. The van der Waals surface area contributed by atoms with E-state index in [-0.39, 0.29) is 11.3 Å². The Morgan fingerprint density at radius 1 is 1.54 bits per heavy atom. The summed E-state index contributed by atoms with van der Waals surface area (Å²) < 4.78 is 5.04. The van der Waals surface area contributed by atoms with Gasteiger partial charge in [0.25, 0.3) is 0 Å². The maximum absolute atomic E-state index is 10.5. The first kappa shape index (κ1) is 9.92. The van der Waals surface area contributed by atoms with Gasteiger partial charge in [0.1, 0.15) is 11.5 Å². The van der Waals surface area contributed by atoms with Crippen LogP contribution in [0.2, 0.25) is 0 Å². The lowest BCUT2D eigenvalue weighted by Gasteiger charge is -2.07. The van der Waals surface area contributed by atoms with Crippen molar-refractivity contribution in [2.75, 3.05) is 13.4 Å². The van der Waals surface area contributed by atoms with Crippen molar-refractivity contribution in [3.8, 4) is 11.5 Å². The van der Waals surface area contributed by atoms with E-state index in [9.17, 15) is 9.90 Å². The first-order chi connectivity index (χ1) is 6.22. The summed E-state index contributed by atoms with van der Waals surface area (Å²) in [7, 11) is 1.53. The van der Waals surface area contributed by atoms with Gasteiger partial charge in [-0.3, -0.25) is 4.79 Å². The Bertz CT molecular complexity index is 323. The average molecular weight is 198 g/mol. The number of hydrogen-bond acceptors (Lipinski definition) is 4. The van der Waals surface area contributed by atoms with Gasteiger partial charge in [-0.2, -0.15) is 0 Å². The van der Waals surface area contributed by atoms with Crippen LogP contribution in [0.1, 0.15) is 10.4 Å². The van der Waals surface area contributed by atoms with Crippen LogP contribution in [0.4, 0.5) is 0 Å². The zero-order valence-electron chi connectivity index (χ0n) is 7.40. The molecule has 0 aliphatic carbocycles. The van der Waals surface area contributed by atoms with E-state index in [0.717, 1.165) is 4.90 Å². The number of carbonyl (C=O) groups is 1. The molecule has 4 heteroatoms. The van der Waals surface area contributed by atoms with Gasteiger partial charge in [-0.25, -0.2) is 0 Å². The Morgan fingerprint density at radius 2 is 2.23 bits per heavy atom. The van der Waals surface area contributed by atoms with E-state index in [2.05, 4.69) is 0 Å². The van der Waals surface area contributed by atoms with Crippen LogP contribution in [0.3, 0.4) is 0 Å². The molecule has 0 spiro atoms. The van der Waals surface area contributed by atoms with Crippen molar-refractivity contribution >= 4 is 18.0 Å². The van der Waals surface area contributed by atoms with Crippen LogP contribution in [-0.2, 0) is 0 Å². The predicted octanol–water partition coefficient (Wildman–Crippen LogP) is 1.94. The van der Waals surface area contributed by atoms with Crippen LogP contribution in [-0.4, -0.2) is 24.8 Å². The van der Waals surface area contributed by atoms with Gasteiger partial charge in [-0.1, -0.05) is 0 Å². The molecule has 0 heterocycles. The maximum Gasteiger partial charge on any atom is 0.153 e. The van der Waals surface area contributed by atoms with Gasteiger partial charge < -0.3 is 9.84 Å². The van der Waals surface area contributed by atoms with E-state index in [4.69, 9.17) is 4.74 Å². The molecule has 1 rings (SSSR count). The fourth-order valence-electron chi connectivity index (χ4n) is 0.978. The highest BCUT2D eigenvalue weighted by molar-refractivity contribution is 7.98. The monoisotopic (exact) mass is 198 g/mol.